The number of hydrogen-bond donors (Lipinski definition) is 2. The van der Waals surface area contributed by atoms with Crippen molar-refractivity contribution in [3.05, 3.63) is 48.2 Å². The number of carbonyl (C=O) groups is 2. The lowest BCUT2D eigenvalue weighted by Crippen LogP contribution is -3.15. The van der Waals surface area contributed by atoms with Gasteiger partial charge in [-0.3, -0.25) is 9.69 Å². The fourth-order valence-electron chi connectivity index (χ4n) is 5.60. The highest BCUT2D eigenvalue weighted by Crippen LogP contribution is 2.34. The van der Waals surface area contributed by atoms with Gasteiger partial charge in [0.15, 0.2) is 18.5 Å². The van der Waals surface area contributed by atoms with E-state index in [9.17, 15) is 9.59 Å². The van der Waals surface area contributed by atoms with Crippen LogP contribution >= 0.6 is 0 Å². The number of rotatable bonds is 9. The van der Waals surface area contributed by atoms with E-state index in [-0.39, 0.29) is 18.0 Å². The molecule has 0 saturated carbocycles. The summed E-state index contributed by atoms with van der Waals surface area (Å²) in [6, 6.07) is 11.7. The Bertz CT molecular complexity index is 945. The number of esters is 1. The SMILES string of the molecule is CCCC1CC[NH+](CC(=O)Nc2ccon2)CC1OC(=O)C(C)(c1ccccc1)N1CCCCC1. The first-order chi connectivity index (χ1) is 17.0. The number of ether oxygens (including phenoxy) is 1. The standard InChI is InChI=1S/C27H38N4O4/c1-3-10-21-13-17-30(20-25(32)28-24-14-18-34-29-24)19-23(21)35-26(33)27(2,22-11-6-4-7-12-22)31-15-8-5-9-16-31/h4,6-7,11-12,14,18,21,23H,3,5,8-10,13,15-17,19-20H2,1-2H3,(H,28,29,32)/p+1. The summed E-state index contributed by atoms with van der Waals surface area (Å²) in [5.74, 6) is 0.437. The first-order valence-corrected chi connectivity index (χ1v) is 13.1. The van der Waals surface area contributed by atoms with Crippen LogP contribution in [0.25, 0.3) is 0 Å². The van der Waals surface area contributed by atoms with Crippen LogP contribution in [-0.2, 0) is 19.9 Å². The average molecular weight is 484 g/mol. The van der Waals surface area contributed by atoms with Gasteiger partial charge in [0, 0.05) is 18.4 Å². The molecular weight excluding hydrogens is 444 g/mol. The zero-order valence-electron chi connectivity index (χ0n) is 21.0. The van der Waals surface area contributed by atoms with Gasteiger partial charge in [0.2, 0.25) is 0 Å². The van der Waals surface area contributed by atoms with E-state index in [0.29, 0.717) is 24.8 Å². The number of benzene rings is 1. The third-order valence-corrected chi connectivity index (χ3v) is 7.64. The van der Waals surface area contributed by atoms with E-state index in [0.717, 1.165) is 62.2 Å². The summed E-state index contributed by atoms with van der Waals surface area (Å²) in [4.78, 5) is 29.9. The predicted octanol–water partition coefficient (Wildman–Crippen LogP) is 2.63. The highest BCUT2D eigenvalue weighted by Gasteiger charge is 2.46. The lowest BCUT2D eigenvalue weighted by molar-refractivity contribution is -0.901. The van der Waals surface area contributed by atoms with Crippen LogP contribution in [0.15, 0.2) is 47.2 Å². The molecule has 4 unspecified atom stereocenters. The first-order valence-electron chi connectivity index (χ1n) is 13.1. The van der Waals surface area contributed by atoms with Gasteiger partial charge in [-0.05, 0) is 44.8 Å². The van der Waals surface area contributed by atoms with E-state index in [2.05, 4.69) is 22.3 Å². The Morgan fingerprint density at radius 2 is 1.97 bits per heavy atom. The Morgan fingerprint density at radius 1 is 1.20 bits per heavy atom. The molecule has 0 radical (unpaired) electrons. The summed E-state index contributed by atoms with van der Waals surface area (Å²) in [5.41, 5.74) is 0.159. The van der Waals surface area contributed by atoms with Gasteiger partial charge >= 0.3 is 5.97 Å². The van der Waals surface area contributed by atoms with Crippen LogP contribution in [0.1, 0.15) is 57.9 Å². The summed E-state index contributed by atoms with van der Waals surface area (Å²) < 4.78 is 11.2. The predicted molar refractivity (Wildman–Crippen MR) is 133 cm³/mol. The molecule has 1 amide bonds. The molecule has 4 rings (SSSR count). The Morgan fingerprint density at radius 3 is 2.66 bits per heavy atom. The van der Waals surface area contributed by atoms with Crippen molar-refractivity contribution in [1.29, 1.82) is 0 Å². The van der Waals surface area contributed by atoms with Gasteiger partial charge in [-0.1, -0.05) is 55.3 Å². The molecular formula is C27H39N4O4+. The molecule has 2 aliphatic heterocycles. The zero-order chi connectivity index (χ0) is 24.7. The minimum atomic E-state index is -0.819. The van der Waals surface area contributed by atoms with E-state index < -0.39 is 5.54 Å². The summed E-state index contributed by atoms with van der Waals surface area (Å²) >= 11 is 0. The third kappa shape index (κ3) is 6.11. The molecule has 2 N–H and O–H groups in total. The first kappa shape index (κ1) is 25.4. The Kier molecular flexibility index (Phi) is 8.57. The maximum Gasteiger partial charge on any atom is 0.331 e. The Balaban J connectivity index is 1.48. The van der Waals surface area contributed by atoms with Crippen molar-refractivity contribution < 1.29 is 23.7 Å². The van der Waals surface area contributed by atoms with E-state index in [1.165, 1.54) is 12.7 Å². The molecule has 0 spiro atoms. The van der Waals surface area contributed by atoms with Gasteiger partial charge in [0.25, 0.3) is 5.91 Å². The van der Waals surface area contributed by atoms with Crippen LogP contribution in [0, 0.1) is 5.92 Å². The molecule has 1 aromatic heterocycles. The highest BCUT2D eigenvalue weighted by molar-refractivity contribution is 5.90. The lowest BCUT2D eigenvalue weighted by Gasteiger charge is -2.43. The molecule has 0 aliphatic carbocycles. The van der Waals surface area contributed by atoms with Gasteiger partial charge in [-0.25, -0.2) is 4.79 Å². The Labute approximate surface area is 208 Å². The van der Waals surface area contributed by atoms with Crippen molar-refractivity contribution in [2.45, 2.75) is 64.0 Å². The summed E-state index contributed by atoms with van der Waals surface area (Å²) in [5, 5.41) is 6.52. The summed E-state index contributed by atoms with van der Waals surface area (Å²) in [7, 11) is 0. The van der Waals surface area contributed by atoms with Crippen LogP contribution in [-0.4, -0.2) is 60.8 Å². The quantitative estimate of drug-likeness (QED) is 0.533. The van der Waals surface area contributed by atoms with Crippen molar-refractivity contribution in [2.75, 3.05) is 38.0 Å². The summed E-state index contributed by atoms with van der Waals surface area (Å²) in [6.07, 6.45) is 7.60. The second-order valence-electron chi connectivity index (χ2n) is 10.1. The smallest absolute Gasteiger partial charge is 0.331 e. The van der Waals surface area contributed by atoms with E-state index in [1.54, 1.807) is 6.07 Å². The number of carbonyl (C=O) groups excluding carboxylic acids is 2. The minimum Gasteiger partial charge on any atom is -0.454 e. The number of anilines is 1. The zero-order valence-corrected chi connectivity index (χ0v) is 21.0. The fourth-order valence-corrected chi connectivity index (χ4v) is 5.60. The van der Waals surface area contributed by atoms with Crippen molar-refractivity contribution >= 4 is 17.7 Å². The number of quaternary nitrogens is 1. The van der Waals surface area contributed by atoms with Gasteiger partial charge in [-0.15, -0.1) is 0 Å². The minimum absolute atomic E-state index is 0.115. The van der Waals surface area contributed by atoms with Crippen molar-refractivity contribution in [3.63, 3.8) is 0 Å². The molecule has 2 fully saturated rings. The maximum atomic E-state index is 14.0. The monoisotopic (exact) mass is 483 g/mol. The Hall–Kier alpha value is -2.71. The van der Waals surface area contributed by atoms with Crippen LogP contribution in [0.5, 0.6) is 0 Å². The molecule has 0 bridgehead atoms. The molecule has 2 aromatic rings. The normalized spacial score (nSPS) is 24.9. The second-order valence-corrected chi connectivity index (χ2v) is 10.1. The molecule has 1 aromatic carbocycles. The second kappa shape index (κ2) is 11.8. The number of likely N-dealkylation sites (tertiary alicyclic amines) is 2. The number of aromatic nitrogens is 1. The number of nitrogens with one attached hydrogen (secondary N) is 2. The highest BCUT2D eigenvalue weighted by atomic mass is 16.5. The number of amides is 1. The summed E-state index contributed by atoms with van der Waals surface area (Å²) in [6.45, 7) is 7.80. The van der Waals surface area contributed by atoms with Crippen LogP contribution in [0.3, 0.4) is 0 Å². The van der Waals surface area contributed by atoms with Gasteiger partial charge in [0.1, 0.15) is 18.3 Å². The fraction of sp³-hybridized carbons (Fsp3) is 0.593. The third-order valence-electron chi connectivity index (χ3n) is 7.64. The molecule has 3 heterocycles. The molecule has 8 nitrogen and oxygen atoms in total. The molecule has 190 valence electrons. The van der Waals surface area contributed by atoms with Crippen LogP contribution in [0.2, 0.25) is 0 Å². The lowest BCUT2D eigenvalue weighted by atomic mass is 9.86. The van der Waals surface area contributed by atoms with E-state index >= 15 is 0 Å². The maximum absolute atomic E-state index is 14.0. The topological polar surface area (TPSA) is 89.1 Å². The molecule has 4 atom stereocenters. The molecule has 2 aliphatic rings. The van der Waals surface area contributed by atoms with Crippen molar-refractivity contribution in [1.82, 2.24) is 10.1 Å². The largest absolute Gasteiger partial charge is 0.454 e. The van der Waals surface area contributed by atoms with Gasteiger partial charge in [-0.2, -0.15) is 0 Å². The van der Waals surface area contributed by atoms with E-state index in [1.807, 2.05) is 37.3 Å². The molecule has 2 saturated heterocycles. The van der Waals surface area contributed by atoms with Crippen molar-refractivity contribution in [3.8, 4) is 0 Å². The number of piperidine rings is 2. The van der Waals surface area contributed by atoms with Crippen LogP contribution < -0.4 is 10.2 Å². The van der Waals surface area contributed by atoms with Crippen LogP contribution in [0.4, 0.5) is 5.82 Å². The van der Waals surface area contributed by atoms with Crippen molar-refractivity contribution in [2.24, 2.45) is 5.92 Å². The van der Waals surface area contributed by atoms with Gasteiger partial charge < -0.3 is 19.5 Å². The average Bonchev–Trinajstić information content (AvgIpc) is 3.39. The van der Waals surface area contributed by atoms with E-state index in [4.69, 9.17) is 9.26 Å². The molecule has 8 heteroatoms. The number of nitrogens with zero attached hydrogens (tertiary/aromatic N) is 2. The van der Waals surface area contributed by atoms with Gasteiger partial charge in [0.05, 0.1) is 6.54 Å². The number of hydrogen-bond acceptors (Lipinski definition) is 6. The molecule has 35 heavy (non-hydrogen) atoms.